The molecule has 19 heavy (non-hydrogen) atoms. The Hall–Kier alpha value is -1.03. The zero-order valence-corrected chi connectivity index (χ0v) is 11.1. The summed E-state index contributed by atoms with van der Waals surface area (Å²) >= 11 is 0. The Labute approximate surface area is 112 Å². The first kappa shape index (κ1) is 14.4. The first-order valence-corrected chi connectivity index (χ1v) is 6.85. The first-order valence-electron chi connectivity index (χ1n) is 6.85. The summed E-state index contributed by atoms with van der Waals surface area (Å²) in [5.74, 6) is 0.554. The Kier molecular flexibility index (Phi) is 4.50. The normalized spacial score (nSPS) is 18.7. The molecule has 1 aliphatic carbocycles. The second-order valence-electron chi connectivity index (χ2n) is 5.31. The fourth-order valence-corrected chi connectivity index (χ4v) is 3.04. The van der Waals surface area contributed by atoms with Crippen LogP contribution >= 0.6 is 0 Å². The van der Waals surface area contributed by atoms with Gasteiger partial charge in [-0.1, -0.05) is 43.9 Å². The molecule has 1 aromatic rings. The van der Waals surface area contributed by atoms with E-state index in [1.165, 1.54) is 25.0 Å². The van der Waals surface area contributed by atoms with E-state index in [2.05, 4.69) is 5.32 Å². The van der Waals surface area contributed by atoms with E-state index in [0.717, 1.165) is 19.3 Å². The number of hydrogen-bond donors (Lipinski definition) is 1. The van der Waals surface area contributed by atoms with Crippen molar-refractivity contribution in [1.82, 2.24) is 5.32 Å². The maximum absolute atomic E-state index is 13.0. The van der Waals surface area contributed by atoms with E-state index in [1.54, 1.807) is 19.2 Å². The van der Waals surface area contributed by atoms with Crippen molar-refractivity contribution in [2.75, 3.05) is 7.05 Å². The molecular formula is C15H20F3N. The molecule has 4 heteroatoms. The van der Waals surface area contributed by atoms with Crippen molar-refractivity contribution < 1.29 is 13.2 Å². The third-order valence-electron chi connectivity index (χ3n) is 4.03. The largest absolute Gasteiger partial charge is 0.416 e. The monoisotopic (exact) mass is 271 g/mol. The quantitative estimate of drug-likeness (QED) is 0.847. The van der Waals surface area contributed by atoms with Crippen LogP contribution in [0.4, 0.5) is 13.2 Å². The van der Waals surface area contributed by atoms with Gasteiger partial charge in [-0.2, -0.15) is 13.2 Å². The Morgan fingerprint density at radius 2 is 1.84 bits per heavy atom. The van der Waals surface area contributed by atoms with Crippen LogP contribution < -0.4 is 5.32 Å². The highest BCUT2D eigenvalue weighted by atomic mass is 19.4. The molecule has 1 N–H and O–H groups in total. The van der Waals surface area contributed by atoms with Gasteiger partial charge in [0.15, 0.2) is 0 Å². The Balaban J connectivity index is 2.22. The highest BCUT2D eigenvalue weighted by molar-refractivity contribution is 5.32. The molecule has 1 nitrogen and oxygen atoms in total. The molecule has 0 bridgehead atoms. The topological polar surface area (TPSA) is 12.0 Å². The summed E-state index contributed by atoms with van der Waals surface area (Å²) in [6, 6.07) is 5.70. The number of rotatable bonds is 4. The lowest BCUT2D eigenvalue weighted by molar-refractivity contribution is -0.138. The summed E-state index contributed by atoms with van der Waals surface area (Å²) < 4.78 is 39.1. The predicted molar refractivity (Wildman–Crippen MR) is 69.8 cm³/mol. The maximum Gasteiger partial charge on any atom is 0.416 e. The van der Waals surface area contributed by atoms with Gasteiger partial charge in [0, 0.05) is 6.04 Å². The molecule has 1 saturated carbocycles. The van der Waals surface area contributed by atoms with Crippen LogP contribution in [0.5, 0.6) is 0 Å². The van der Waals surface area contributed by atoms with Gasteiger partial charge < -0.3 is 5.32 Å². The Bertz CT molecular complexity index is 408. The van der Waals surface area contributed by atoms with E-state index >= 15 is 0 Å². The van der Waals surface area contributed by atoms with Crippen molar-refractivity contribution >= 4 is 0 Å². The van der Waals surface area contributed by atoms with Crippen LogP contribution in [0.25, 0.3) is 0 Å². The smallest absolute Gasteiger partial charge is 0.313 e. The number of halogens is 3. The number of alkyl halides is 3. The van der Waals surface area contributed by atoms with Crippen molar-refractivity contribution in [1.29, 1.82) is 0 Å². The van der Waals surface area contributed by atoms with Crippen molar-refractivity contribution in [3.8, 4) is 0 Å². The lowest BCUT2D eigenvalue weighted by Gasteiger charge is -2.23. The first-order chi connectivity index (χ1) is 9.02. The standard InChI is InChI=1S/C15H20F3N/c1-19-14(10-11-6-2-3-7-11)12-8-4-5-9-13(12)15(16,17)18/h4-5,8-9,11,14,19H,2-3,6-7,10H2,1H3. The molecule has 0 aliphatic heterocycles. The van der Waals surface area contributed by atoms with E-state index in [1.807, 2.05) is 0 Å². The van der Waals surface area contributed by atoms with Gasteiger partial charge in [-0.25, -0.2) is 0 Å². The molecule has 1 atom stereocenters. The number of hydrogen-bond acceptors (Lipinski definition) is 1. The SMILES string of the molecule is CNC(CC1CCCC1)c1ccccc1C(F)(F)F. The van der Waals surface area contributed by atoms with Crippen LogP contribution in [-0.4, -0.2) is 7.05 Å². The fourth-order valence-electron chi connectivity index (χ4n) is 3.04. The highest BCUT2D eigenvalue weighted by Gasteiger charge is 2.35. The molecule has 0 aromatic heterocycles. The Morgan fingerprint density at radius 3 is 2.42 bits per heavy atom. The molecule has 0 spiro atoms. The number of benzene rings is 1. The molecule has 1 unspecified atom stereocenters. The second kappa shape index (κ2) is 5.95. The van der Waals surface area contributed by atoms with Crippen LogP contribution in [0.3, 0.4) is 0 Å². The highest BCUT2D eigenvalue weighted by Crippen LogP contribution is 2.38. The van der Waals surface area contributed by atoms with Gasteiger partial charge in [-0.3, -0.25) is 0 Å². The van der Waals surface area contributed by atoms with Gasteiger partial charge in [0.05, 0.1) is 5.56 Å². The molecule has 0 amide bonds. The average molecular weight is 271 g/mol. The summed E-state index contributed by atoms with van der Waals surface area (Å²) in [5.41, 5.74) is -0.128. The maximum atomic E-state index is 13.0. The van der Waals surface area contributed by atoms with Crippen LogP contribution in [0.2, 0.25) is 0 Å². The van der Waals surface area contributed by atoms with Crippen molar-refractivity contribution in [2.45, 2.75) is 44.3 Å². The van der Waals surface area contributed by atoms with Crippen LogP contribution in [-0.2, 0) is 6.18 Å². The van der Waals surface area contributed by atoms with Crippen molar-refractivity contribution in [3.05, 3.63) is 35.4 Å². The minimum Gasteiger partial charge on any atom is -0.313 e. The second-order valence-corrected chi connectivity index (χ2v) is 5.31. The third kappa shape index (κ3) is 3.50. The molecule has 1 aromatic carbocycles. The molecule has 2 rings (SSSR count). The van der Waals surface area contributed by atoms with Crippen LogP contribution in [0.1, 0.15) is 49.3 Å². The lowest BCUT2D eigenvalue weighted by atomic mass is 9.91. The summed E-state index contributed by atoms with van der Waals surface area (Å²) in [5, 5.41) is 3.06. The van der Waals surface area contributed by atoms with Gasteiger partial charge >= 0.3 is 6.18 Å². The lowest BCUT2D eigenvalue weighted by Crippen LogP contribution is -2.22. The van der Waals surface area contributed by atoms with Crippen molar-refractivity contribution in [2.24, 2.45) is 5.92 Å². The minimum atomic E-state index is -4.28. The van der Waals surface area contributed by atoms with Gasteiger partial charge in [0.2, 0.25) is 0 Å². The molecule has 0 heterocycles. The van der Waals surface area contributed by atoms with E-state index < -0.39 is 11.7 Å². The zero-order chi connectivity index (χ0) is 13.9. The van der Waals surface area contributed by atoms with E-state index in [9.17, 15) is 13.2 Å². The molecule has 106 valence electrons. The fraction of sp³-hybridized carbons (Fsp3) is 0.600. The van der Waals surface area contributed by atoms with Gasteiger partial charge in [0.1, 0.15) is 0 Å². The summed E-state index contributed by atoms with van der Waals surface area (Å²) in [6.45, 7) is 0. The van der Waals surface area contributed by atoms with Gasteiger partial charge in [-0.05, 0) is 31.0 Å². The summed E-state index contributed by atoms with van der Waals surface area (Å²) in [4.78, 5) is 0. The molecule has 0 saturated heterocycles. The van der Waals surface area contributed by atoms with E-state index in [4.69, 9.17) is 0 Å². The summed E-state index contributed by atoms with van der Waals surface area (Å²) in [7, 11) is 1.74. The minimum absolute atomic E-state index is 0.207. The van der Waals surface area contributed by atoms with Crippen molar-refractivity contribution in [3.63, 3.8) is 0 Å². The Morgan fingerprint density at radius 1 is 1.21 bits per heavy atom. The van der Waals surface area contributed by atoms with Gasteiger partial charge in [0.25, 0.3) is 0 Å². The number of nitrogens with one attached hydrogen (secondary N) is 1. The van der Waals surface area contributed by atoms with Crippen LogP contribution in [0, 0.1) is 5.92 Å². The molecular weight excluding hydrogens is 251 g/mol. The van der Waals surface area contributed by atoms with E-state index in [0.29, 0.717) is 11.5 Å². The third-order valence-corrected chi connectivity index (χ3v) is 4.03. The molecule has 1 aliphatic rings. The predicted octanol–water partition coefficient (Wildman–Crippen LogP) is 4.55. The van der Waals surface area contributed by atoms with Crippen LogP contribution in [0.15, 0.2) is 24.3 Å². The average Bonchev–Trinajstić information content (AvgIpc) is 2.88. The van der Waals surface area contributed by atoms with Gasteiger partial charge in [-0.15, -0.1) is 0 Å². The molecule has 1 fully saturated rings. The van der Waals surface area contributed by atoms with E-state index in [-0.39, 0.29) is 6.04 Å². The summed E-state index contributed by atoms with van der Waals surface area (Å²) in [6.07, 6.45) is 1.23. The molecule has 0 radical (unpaired) electrons. The zero-order valence-electron chi connectivity index (χ0n) is 11.1.